The molecule has 0 bridgehead atoms. The SMILES string of the molecule is CN1CCC2(CC1)Nc1ccccc1N(N(C)C)/C2=N/Cc1cccc(Cl)c1. The Bertz CT molecular complexity index is 871. The Hall–Kier alpha value is -2.08. The second kappa shape index (κ2) is 7.74. The van der Waals surface area contributed by atoms with Gasteiger partial charge in [-0.15, -0.1) is 0 Å². The highest BCUT2D eigenvalue weighted by atomic mass is 35.5. The molecule has 6 heteroatoms. The van der Waals surface area contributed by atoms with Gasteiger partial charge in [0, 0.05) is 32.2 Å². The van der Waals surface area contributed by atoms with E-state index in [0.717, 1.165) is 48.0 Å². The Morgan fingerprint density at radius 2 is 1.86 bits per heavy atom. The summed E-state index contributed by atoms with van der Waals surface area (Å²) in [6, 6.07) is 16.5. The number of likely N-dealkylation sites (tertiary alicyclic amines) is 1. The number of para-hydroxylation sites is 2. The summed E-state index contributed by atoms with van der Waals surface area (Å²) in [7, 11) is 6.36. The predicted molar refractivity (Wildman–Crippen MR) is 118 cm³/mol. The first-order chi connectivity index (χ1) is 13.5. The molecule has 1 fully saturated rings. The van der Waals surface area contributed by atoms with Crippen molar-refractivity contribution >= 4 is 28.8 Å². The number of nitrogens with zero attached hydrogens (tertiary/aromatic N) is 4. The number of hydrazine groups is 1. The van der Waals surface area contributed by atoms with E-state index in [9.17, 15) is 0 Å². The van der Waals surface area contributed by atoms with Gasteiger partial charge in [-0.25, -0.2) is 5.01 Å². The van der Waals surface area contributed by atoms with Crippen molar-refractivity contribution in [2.24, 2.45) is 4.99 Å². The molecule has 28 heavy (non-hydrogen) atoms. The fraction of sp³-hybridized carbons (Fsp3) is 0.409. The Labute approximate surface area is 172 Å². The van der Waals surface area contributed by atoms with Gasteiger partial charge in [-0.2, -0.15) is 0 Å². The van der Waals surface area contributed by atoms with Crippen LogP contribution in [0.25, 0.3) is 0 Å². The number of nitrogens with one attached hydrogen (secondary N) is 1. The smallest absolute Gasteiger partial charge is 0.145 e. The standard InChI is InChI=1S/C22H28ClN5/c1-26(2)28-20-10-5-4-9-19(20)25-22(11-13-27(3)14-12-22)21(28)24-16-17-7-6-8-18(23)15-17/h4-10,15,25H,11-14,16H2,1-3H3/b24-21+. The quantitative estimate of drug-likeness (QED) is 0.845. The Morgan fingerprint density at radius 3 is 2.57 bits per heavy atom. The van der Waals surface area contributed by atoms with E-state index in [2.05, 4.69) is 71.7 Å². The van der Waals surface area contributed by atoms with Gasteiger partial charge in [0.1, 0.15) is 5.84 Å². The van der Waals surface area contributed by atoms with Gasteiger partial charge in [0.05, 0.1) is 23.5 Å². The number of aliphatic imine (C=N–C) groups is 1. The van der Waals surface area contributed by atoms with Gasteiger partial charge >= 0.3 is 0 Å². The zero-order valence-electron chi connectivity index (χ0n) is 16.8. The maximum atomic E-state index is 6.19. The summed E-state index contributed by atoms with van der Waals surface area (Å²) < 4.78 is 0. The molecule has 2 aliphatic rings. The normalized spacial score (nSPS) is 20.5. The average Bonchev–Trinajstić information content (AvgIpc) is 2.68. The second-order valence-corrected chi connectivity index (χ2v) is 8.39. The maximum Gasteiger partial charge on any atom is 0.145 e. The number of rotatable bonds is 3. The minimum absolute atomic E-state index is 0.163. The van der Waals surface area contributed by atoms with Crippen LogP contribution in [0.15, 0.2) is 53.5 Å². The van der Waals surface area contributed by atoms with Crippen molar-refractivity contribution in [2.45, 2.75) is 24.9 Å². The molecule has 1 spiro atoms. The first kappa shape index (κ1) is 19.2. The molecule has 0 saturated carbocycles. The molecule has 0 atom stereocenters. The van der Waals surface area contributed by atoms with Gasteiger partial charge < -0.3 is 10.2 Å². The van der Waals surface area contributed by atoms with Gasteiger partial charge in [-0.05, 0) is 49.7 Å². The number of benzene rings is 2. The monoisotopic (exact) mass is 397 g/mol. The predicted octanol–water partition coefficient (Wildman–Crippen LogP) is 4.11. The van der Waals surface area contributed by atoms with Crippen molar-refractivity contribution in [3.63, 3.8) is 0 Å². The molecule has 5 nitrogen and oxygen atoms in total. The van der Waals surface area contributed by atoms with Crippen LogP contribution in [0, 0.1) is 0 Å². The number of halogens is 1. The fourth-order valence-corrected chi connectivity index (χ4v) is 4.38. The molecular formula is C22H28ClN5. The molecule has 2 aliphatic heterocycles. The van der Waals surface area contributed by atoms with Crippen molar-refractivity contribution < 1.29 is 0 Å². The molecule has 0 aliphatic carbocycles. The highest BCUT2D eigenvalue weighted by molar-refractivity contribution is 6.30. The van der Waals surface area contributed by atoms with Crippen LogP contribution in [0.5, 0.6) is 0 Å². The Morgan fingerprint density at radius 1 is 1.11 bits per heavy atom. The highest BCUT2D eigenvalue weighted by Crippen LogP contribution is 2.40. The number of amidine groups is 1. The lowest BCUT2D eigenvalue weighted by Gasteiger charge is -2.51. The fourth-order valence-electron chi connectivity index (χ4n) is 4.17. The van der Waals surface area contributed by atoms with Crippen LogP contribution in [-0.2, 0) is 6.54 Å². The van der Waals surface area contributed by atoms with E-state index in [1.807, 2.05) is 18.2 Å². The van der Waals surface area contributed by atoms with E-state index < -0.39 is 0 Å². The van der Waals surface area contributed by atoms with Crippen LogP contribution in [0.3, 0.4) is 0 Å². The number of fused-ring (bicyclic) bond motifs is 1. The molecule has 2 heterocycles. The van der Waals surface area contributed by atoms with Crippen LogP contribution in [0.1, 0.15) is 18.4 Å². The van der Waals surface area contributed by atoms with E-state index in [4.69, 9.17) is 16.6 Å². The van der Waals surface area contributed by atoms with Gasteiger partial charge in [-0.3, -0.25) is 10.0 Å². The summed E-state index contributed by atoms with van der Waals surface area (Å²) in [6.07, 6.45) is 2.05. The number of anilines is 2. The summed E-state index contributed by atoms with van der Waals surface area (Å²) in [5.74, 6) is 1.09. The second-order valence-electron chi connectivity index (χ2n) is 7.96. The van der Waals surface area contributed by atoms with Crippen LogP contribution >= 0.6 is 11.6 Å². The first-order valence-electron chi connectivity index (χ1n) is 9.81. The van der Waals surface area contributed by atoms with Crippen LogP contribution in [-0.4, -0.2) is 55.5 Å². The zero-order chi connectivity index (χ0) is 19.7. The minimum atomic E-state index is -0.163. The molecule has 0 unspecified atom stereocenters. The van der Waals surface area contributed by atoms with E-state index >= 15 is 0 Å². The van der Waals surface area contributed by atoms with Crippen LogP contribution in [0.2, 0.25) is 5.02 Å². The largest absolute Gasteiger partial charge is 0.371 e. The van der Waals surface area contributed by atoms with Gasteiger partial charge in [-0.1, -0.05) is 35.9 Å². The van der Waals surface area contributed by atoms with E-state index in [-0.39, 0.29) is 5.54 Å². The lowest BCUT2D eigenvalue weighted by atomic mass is 9.83. The number of hydrogen-bond acceptors (Lipinski definition) is 4. The van der Waals surface area contributed by atoms with E-state index in [1.165, 1.54) is 5.69 Å². The van der Waals surface area contributed by atoms with Crippen molar-refractivity contribution in [3.8, 4) is 0 Å². The van der Waals surface area contributed by atoms with Gasteiger partial charge in [0.15, 0.2) is 0 Å². The summed E-state index contributed by atoms with van der Waals surface area (Å²) in [5.41, 5.74) is 3.27. The molecule has 1 saturated heterocycles. The summed E-state index contributed by atoms with van der Waals surface area (Å²) >= 11 is 6.19. The number of hydrogen-bond donors (Lipinski definition) is 1. The summed E-state index contributed by atoms with van der Waals surface area (Å²) in [4.78, 5) is 7.55. The molecule has 0 amide bonds. The summed E-state index contributed by atoms with van der Waals surface area (Å²) in [5, 5.41) is 9.02. The average molecular weight is 398 g/mol. The van der Waals surface area contributed by atoms with Gasteiger partial charge in [0.25, 0.3) is 0 Å². The third-order valence-corrected chi connectivity index (χ3v) is 5.91. The van der Waals surface area contributed by atoms with Crippen molar-refractivity contribution in [1.82, 2.24) is 9.91 Å². The van der Waals surface area contributed by atoms with Crippen molar-refractivity contribution in [3.05, 3.63) is 59.1 Å². The lowest BCUT2D eigenvalue weighted by molar-refractivity contribution is 0.234. The Balaban J connectivity index is 1.78. The lowest BCUT2D eigenvalue weighted by Crippen LogP contribution is -2.64. The molecular weight excluding hydrogens is 370 g/mol. The molecule has 0 radical (unpaired) electrons. The number of piperidine rings is 1. The van der Waals surface area contributed by atoms with Crippen molar-refractivity contribution in [1.29, 1.82) is 0 Å². The third kappa shape index (κ3) is 3.62. The van der Waals surface area contributed by atoms with Crippen LogP contribution in [0.4, 0.5) is 11.4 Å². The molecule has 1 N–H and O–H groups in total. The third-order valence-electron chi connectivity index (χ3n) is 5.68. The van der Waals surface area contributed by atoms with Gasteiger partial charge in [0.2, 0.25) is 0 Å². The van der Waals surface area contributed by atoms with E-state index in [0.29, 0.717) is 6.54 Å². The molecule has 2 aromatic rings. The Kier molecular flexibility index (Phi) is 5.32. The maximum absolute atomic E-state index is 6.19. The molecule has 0 aromatic heterocycles. The topological polar surface area (TPSA) is 34.1 Å². The van der Waals surface area contributed by atoms with Crippen molar-refractivity contribution in [2.75, 3.05) is 44.6 Å². The minimum Gasteiger partial charge on any atom is -0.371 e. The molecule has 4 rings (SSSR count). The van der Waals surface area contributed by atoms with E-state index in [1.54, 1.807) is 0 Å². The molecule has 148 valence electrons. The highest BCUT2D eigenvalue weighted by Gasteiger charge is 2.46. The zero-order valence-corrected chi connectivity index (χ0v) is 17.6. The summed E-state index contributed by atoms with van der Waals surface area (Å²) in [6.45, 7) is 2.71. The van der Waals surface area contributed by atoms with Crippen LogP contribution < -0.4 is 10.3 Å². The molecule has 2 aromatic carbocycles. The first-order valence-corrected chi connectivity index (χ1v) is 10.2.